The quantitative estimate of drug-likeness (QED) is 0.462. The molecule has 40 valence electrons. The van der Waals surface area contributed by atoms with Crippen molar-refractivity contribution in [3.8, 4) is 12.3 Å². The van der Waals surface area contributed by atoms with Crippen LogP contribution in [0.3, 0.4) is 0 Å². The van der Waals surface area contributed by atoms with Crippen LogP contribution in [0.15, 0.2) is 11.4 Å². The lowest BCUT2D eigenvalue weighted by atomic mass is 10.3. The molecule has 0 bridgehead atoms. The van der Waals surface area contributed by atoms with Crippen LogP contribution in [0.5, 0.6) is 0 Å². The average molecular weight is 122 g/mol. The fourth-order valence-corrected chi connectivity index (χ4v) is 1.16. The Balaban J connectivity index is 3.05. The van der Waals surface area contributed by atoms with E-state index < -0.39 is 0 Å². The number of terminal acetylenes is 1. The van der Waals surface area contributed by atoms with Crippen molar-refractivity contribution < 1.29 is 0 Å². The van der Waals surface area contributed by atoms with Gasteiger partial charge in [-0.05, 0) is 13.0 Å². The van der Waals surface area contributed by atoms with E-state index in [9.17, 15) is 0 Å². The van der Waals surface area contributed by atoms with Gasteiger partial charge < -0.3 is 0 Å². The van der Waals surface area contributed by atoms with E-state index >= 15 is 0 Å². The normalized spacial score (nSPS) is 8.50. The SMILES string of the molecule is C#Cc1csc(C)c1. The van der Waals surface area contributed by atoms with E-state index in [2.05, 4.69) is 5.92 Å². The number of rotatable bonds is 0. The molecule has 0 aliphatic carbocycles. The Bertz CT molecular complexity index is 215. The third kappa shape index (κ3) is 0.907. The molecule has 1 heterocycles. The molecule has 1 aromatic rings. The van der Waals surface area contributed by atoms with E-state index in [0.29, 0.717) is 0 Å². The summed E-state index contributed by atoms with van der Waals surface area (Å²) in [6, 6.07) is 2.00. The highest BCUT2D eigenvalue weighted by molar-refractivity contribution is 7.10. The van der Waals surface area contributed by atoms with Gasteiger partial charge in [0.25, 0.3) is 0 Å². The highest BCUT2D eigenvalue weighted by Crippen LogP contribution is 2.10. The van der Waals surface area contributed by atoms with Gasteiger partial charge in [-0.15, -0.1) is 17.8 Å². The molecule has 0 unspecified atom stereocenters. The first-order chi connectivity index (χ1) is 3.83. The van der Waals surface area contributed by atoms with Crippen molar-refractivity contribution >= 4 is 11.3 Å². The summed E-state index contributed by atoms with van der Waals surface area (Å²) in [5, 5.41) is 1.98. The van der Waals surface area contributed by atoms with Crippen molar-refractivity contribution in [1.82, 2.24) is 0 Å². The molecule has 0 amide bonds. The van der Waals surface area contributed by atoms with Gasteiger partial charge in [0.2, 0.25) is 0 Å². The molecule has 0 atom stereocenters. The Hall–Kier alpha value is -0.740. The lowest BCUT2D eigenvalue weighted by molar-refractivity contribution is 1.62. The van der Waals surface area contributed by atoms with E-state index in [4.69, 9.17) is 6.42 Å². The van der Waals surface area contributed by atoms with Gasteiger partial charge in [-0.2, -0.15) is 0 Å². The van der Waals surface area contributed by atoms with Crippen LogP contribution in [0.4, 0.5) is 0 Å². The molecular formula is C7H6S. The molecule has 0 N–H and O–H groups in total. The van der Waals surface area contributed by atoms with Gasteiger partial charge in [0.05, 0.1) is 0 Å². The van der Waals surface area contributed by atoms with Crippen molar-refractivity contribution in [2.75, 3.05) is 0 Å². The Morgan fingerprint density at radius 3 is 2.75 bits per heavy atom. The minimum absolute atomic E-state index is 0.993. The van der Waals surface area contributed by atoms with E-state index in [1.807, 2.05) is 18.4 Å². The molecule has 1 aromatic heterocycles. The summed E-state index contributed by atoms with van der Waals surface area (Å²) in [5.41, 5.74) is 0.993. The molecule has 0 aliphatic rings. The van der Waals surface area contributed by atoms with Crippen LogP contribution >= 0.6 is 11.3 Å². The molecule has 0 saturated carbocycles. The zero-order valence-corrected chi connectivity index (χ0v) is 5.46. The molecule has 0 nitrogen and oxygen atoms in total. The summed E-state index contributed by atoms with van der Waals surface area (Å²) in [6.45, 7) is 2.05. The molecular weight excluding hydrogens is 116 g/mol. The van der Waals surface area contributed by atoms with Crippen LogP contribution in [-0.4, -0.2) is 0 Å². The van der Waals surface area contributed by atoms with E-state index in [1.54, 1.807) is 11.3 Å². The predicted molar refractivity (Wildman–Crippen MR) is 37.0 cm³/mol. The zero-order valence-electron chi connectivity index (χ0n) is 4.64. The average Bonchev–Trinajstić information content (AvgIpc) is 2.14. The van der Waals surface area contributed by atoms with Crippen LogP contribution in [-0.2, 0) is 0 Å². The lowest BCUT2D eigenvalue weighted by Gasteiger charge is -1.70. The van der Waals surface area contributed by atoms with Crippen LogP contribution in [0, 0.1) is 19.3 Å². The van der Waals surface area contributed by atoms with Crippen LogP contribution in [0.2, 0.25) is 0 Å². The third-order valence-electron chi connectivity index (χ3n) is 0.897. The number of thiophene rings is 1. The summed E-state index contributed by atoms with van der Waals surface area (Å²) in [7, 11) is 0. The molecule has 1 heteroatoms. The fourth-order valence-electron chi connectivity index (χ4n) is 0.519. The minimum atomic E-state index is 0.993. The largest absolute Gasteiger partial charge is 0.148 e. The van der Waals surface area contributed by atoms with E-state index in [-0.39, 0.29) is 0 Å². The molecule has 0 radical (unpaired) electrons. The fraction of sp³-hybridized carbons (Fsp3) is 0.143. The van der Waals surface area contributed by atoms with Gasteiger partial charge in [0.1, 0.15) is 0 Å². The maximum atomic E-state index is 5.12. The minimum Gasteiger partial charge on any atom is -0.148 e. The Morgan fingerprint density at radius 1 is 1.75 bits per heavy atom. The van der Waals surface area contributed by atoms with Crippen LogP contribution in [0.1, 0.15) is 10.4 Å². The predicted octanol–water partition coefficient (Wildman–Crippen LogP) is 2.04. The Labute approximate surface area is 53.2 Å². The highest BCUT2D eigenvalue weighted by Gasteiger charge is 1.87. The first-order valence-electron chi connectivity index (χ1n) is 2.34. The van der Waals surface area contributed by atoms with Crippen LogP contribution < -0.4 is 0 Å². The van der Waals surface area contributed by atoms with Crippen LogP contribution in [0.25, 0.3) is 0 Å². The van der Waals surface area contributed by atoms with Crippen molar-refractivity contribution in [2.45, 2.75) is 6.92 Å². The molecule has 8 heavy (non-hydrogen) atoms. The summed E-state index contributed by atoms with van der Waals surface area (Å²) in [6.07, 6.45) is 5.12. The highest BCUT2D eigenvalue weighted by atomic mass is 32.1. The Morgan fingerprint density at radius 2 is 2.50 bits per heavy atom. The second-order valence-corrected chi connectivity index (χ2v) is 2.71. The van der Waals surface area contributed by atoms with Crippen molar-refractivity contribution in [3.05, 3.63) is 21.9 Å². The van der Waals surface area contributed by atoms with Gasteiger partial charge >= 0.3 is 0 Å². The molecule has 0 saturated heterocycles. The van der Waals surface area contributed by atoms with Crippen molar-refractivity contribution in [2.24, 2.45) is 0 Å². The third-order valence-corrected chi connectivity index (χ3v) is 1.76. The van der Waals surface area contributed by atoms with Gasteiger partial charge in [-0.1, -0.05) is 5.92 Å². The number of aryl methyl sites for hydroxylation is 1. The van der Waals surface area contributed by atoms with Gasteiger partial charge in [0, 0.05) is 15.8 Å². The second-order valence-electron chi connectivity index (χ2n) is 1.59. The Kier molecular flexibility index (Phi) is 1.36. The molecule has 1 rings (SSSR count). The maximum absolute atomic E-state index is 5.12. The van der Waals surface area contributed by atoms with E-state index in [1.165, 1.54) is 4.88 Å². The molecule has 0 spiro atoms. The summed E-state index contributed by atoms with van der Waals surface area (Å²) in [5.74, 6) is 2.56. The van der Waals surface area contributed by atoms with Gasteiger partial charge in [0.15, 0.2) is 0 Å². The standard InChI is InChI=1S/C7H6S/c1-3-7-4-6(2)8-5-7/h1,4-5H,2H3. The topological polar surface area (TPSA) is 0 Å². The van der Waals surface area contributed by atoms with Gasteiger partial charge in [-0.3, -0.25) is 0 Å². The lowest BCUT2D eigenvalue weighted by Crippen LogP contribution is -1.57. The smallest absolute Gasteiger partial charge is 0.0352 e. The summed E-state index contributed by atoms with van der Waals surface area (Å²) >= 11 is 1.69. The maximum Gasteiger partial charge on any atom is 0.0352 e. The zero-order chi connectivity index (χ0) is 5.98. The molecule has 0 aliphatic heterocycles. The second kappa shape index (κ2) is 2.02. The van der Waals surface area contributed by atoms with Gasteiger partial charge in [-0.25, -0.2) is 0 Å². The first-order valence-corrected chi connectivity index (χ1v) is 3.22. The number of hydrogen-bond acceptors (Lipinski definition) is 1. The molecule has 0 fully saturated rings. The number of hydrogen-bond donors (Lipinski definition) is 0. The molecule has 0 aromatic carbocycles. The summed E-state index contributed by atoms with van der Waals surface area (Å²) < 4.78 is 0. The van der Waals surface area contributed by atoms with E-state index in [0.717, 1.165) is 5.56 Å². The summed E-state index contributed by atoms with van der Waals surface area (Å²) in [4.78, 5) is 1.28. The first kappa shape index (κ1) is 5.40. The van der Waals surface area contributed by atoms with Crippen molar-refractivity contribution in [3.63, 3.8) is 0 Å². The monoisotopic (exact) mass is 122 g/mol. The van der Waals surface area contributed by atoms with Crippen molar-refractivity contribution in [1.29, 1.82) is 0 Å².